The first-order chi connectivity index (χ1) is 14.3. The Morgan fingerprint density at radius 3 is 2.52 bits per heavy atom. The van der Waals surface area contributed by atoms with Gasteiger partial charge in [-0.2, -0.15) is 0 Å². The smallest absolute Gasteiger partial charge is 0.303 e. The van der Waals surface area contributed by atoms with E-state index in [2.05, 4.69) is 0 Å². The van der Waals surface area contributed by atoms with Crippen LogP contribution in [0.2, 0.25) is 0 Å². The molecule has 2 N–H and O–H groups in total. The van der Waals surface area contributed by atoms with Crippen LogP contribution in [-0.4, -0.2) is 51.7 Å². The first kappa shape index (κ1) is 22.8. The van der Waals surface area contributed by atoms with E-state index >= 15 is 4.39 Å². The lowest BCUT2D eigenvalue weighted by Gasteiger charge is -2.65. The van der Waals surface area contributed by atoms with Gasteiger partial charge in [0.05, 0.1) is 6.10 Å². The number of rotatable bonds is 3. The number of hydrogen-bond donors (Lipinski definition) is 2. The Morgan fingerprint density at radius 1 is 1.19 bits per heavy atom. The molecule has 174 valence electrons. The van der Waals surface area contributed by atoms with Crippen molar-refractivity contribution in [1.29, 1.82) is 0 Å². The molecule has 0 amide bonds. The molecule has 9 atom stereocenters. The maximum absolute atomic E-state index is 17.1. The van der Waals surface area contributed by atoms with Crippen LogP contribution in [0.15, 0.2) is 0 Å². The lowest BCUT2D eigenvalue weighted by Crippen LogP contribution is -2.71. The van der Waals surface area contributed by atoms with E-state index in [4.69, 9.17) is 4.74 Å². The SMILES string of the molecule is CC(=O)OCC(=O)[C@@]1(O)C(C)C[C@H]2[C@@H]3CCC4CC(=O)CC[C@]4(C)[C@@]3(F)C(O)C[C@@]21C. The van der Waals surface area contributed by atoms with Crippen molar-refractivity contribution in [3.63, 3.8) is 0 Å². The minimum absolute atomic E-state index is 0.0342. The number of alkyl halides is 1. The zero-order chi connectivity index (χ0) is 23.0. The number of ketones is 2. The van der Waals surface area contributed by atoms with E-state index < -0.39 is 58.4 Å². The highest BCUT2D eigenvalue weighted by Gasteiger charge is 2.76. The second-order valence-electron chi connectivity index (χ2n) is 11.2. The van der Waals surface area contributed by atoms with Gasteiger partial charge < -0.3 is 14.9 Å². The van der Waals surface area contributed by atoms with Gasteiger partial charge in [0, 0.05) is 30.6 Å². The molecule has 0 aromatic heterocycles. The number of ether oxygens (including phenoxy) is 1. The third-order valence-electron chi connectivity index (χ3n) is 9.97. The summed E-state index contributed by atoms with van der Waals surface area (Å²) < 4.78 is 22.0. The monoisotopic (exact) mass is 438 g/mol. The summed E-state index contributed by atoms with van der Waals surface area (Å²) in [5.41, 5.74) is -5.46. The van der Waals surface area contributed by atoms with Crippen molar-refractivity contribution in [3.05, 3.63) is 0 Å². The molecule has 4 fully saturated rings. The van der Waals surface area contributed by atoms with Crippen LogP contribution in [0.4, 0.5) is 4.39 Å². The average Bonchev–Trinajstić information content (AvgIpc) is 2.89. The van der Waals surface area contributed by atoms with Crippen LogP contribution in [0.1, 0.15) is 72.6 Å². The third kappa shape index (κ3) is 2.78. The highest BCUT2D eigenvalue weighted by Crippen LogP contribution is 2.71. The predicted molar refractivity (Wildman–Crippen MR) is 110 cm³/mol. The Morgan fingerprint density at radius 2 is 1.87 bits per heavy atom. The largest absolute Gasteiger partial charge is 0.458 e. The van der Waals surface area contributed by atoms with Crippen molar-refractivity contribution < 1.29 is 33.7 Å². The predicted octanol–water partition coefficient (Wildman–Crippen LogP) is 2.77. The summed E-state index contributed by atoms with van der Waals surface area (Å²) in [6.45, 7) is 6.14. The molecule has 0 saturated heterocycles. The van der Waals surface area contributed by atoms with E-state index in [-0.39, 0.29) is 24.0 Å². The molecule has 6 nitrogen and oxygen atoms in total. The molecule has 4 aliphatic carbocycles. The van der Waals surface area contributed by atoms with Gasteiger partial charge in [-0.3, -0.25) is 14.4 Å². The summed E-state index contributed by atoms with van der Waals surface area (Å²) >= 11 is 0. The Bertz CT molecular complexity index is 814. The number of halogens is 1. The Labute approximate surface area is 182 Å². The number of fused-ring (bicyclic) bond motifs is 5. The zero-order valence-corrected chi connectivity index (χ0v) is 18.9. The van der Waals surface area contributed by atoms with Gasteiger partial charge in [0.2, 0.25) is 5.78 Å². The third-order valence-corrected chi connectivity index (χ3v) is 9.97. The molecule has 0 aromatic carbocycles. The van der Waals surface area contributed by atoms with Crippen molar-refractivity contribution in [1.82, 2.24) is 0 Å². The van der Waals surface area contributed by atoms with Gasteiger partial charge in [-0.25, -0.2) is 4.39 Å². The van der Waals surface area contributed by atoms with Crippen molar-refractivity contribution in [2.45, 2.75) is 90.0 Å². The minimum Gasteiger partial charge on any atom is -0.458 e. The number of Topliss-reactive ketones (excluding diaryl/α,β-unsaturated/α-hetero) is 2. The Hall–Kier alpha value is -1.34. The molecule has 0 heterocycles. The first-order valence-electron chi connectivity index (χ1n) is 11.6. The standard InChI is InChI=1S/C24H35FO6/c1-13-9-18-17-6-5-15-10-16(27)7-8-21(15,3)23(17,25)19(28)11-22(18,4)24(13,30)20(29)12-31-14(2)26/h13,15,17-19,28,30H,5-12H2,1-4H3/t13?,15?,17-,18-,19?,21-,22-,23-,24-/m0/s1. The number of aliphatic hydroxyl groups is 2. The Balaban J connectivity index is 1.72. The molecule has 4 rings (SSSR count). The van der Waals surface area contributed by atoms with Crippen molar-refractivity contribution >= 4 is 17.5 Å². The van der Waals surface area contributed by atoms with Gasteiger partial charge in [-0.05, 0) is 55.8 Å². The molecular weight excluding hydrogens is 403 g/mol. The minimum atomic E-state index is -1.86. The van der Waals surface area contributed by atoms with Crippen LogP contribution < -0.4 is 0 Å². The maximum Gasteiger partial charge on any atom is 0.303 e. The van der Waals surface area contributed by atoms with Gasteiger partial charge in [0.15, 0.2) is 6.61 Å². The van der Waals surface area contributed by atoms with Crippen LogP contribution in [0.3, 0.4) is 0 Å². The summed E-state index contributed by atoms with van der Waals surface area (Å²) in [6.07, 6.45) is 1.48. The van der Waals surface area contributed by atoms with E-state index in [1.165, 1.54) is 6.92 Å². The summed E-state index contributed by atoms with van der Waals surface area (Å²) in [6, 6.07) is 0. The lowest BCUT2D eigenvalue weighted by atomic mass is 9.42. The normalized spacial score (nSPS) is 51.5. The fourth-order valence-corrected chi connectivity index (χ4v) is 8.26. The molecule has 0 radical (unpaired) electrons. The van der Waals surface area contributed by atoms with Gasteiger partial charge >= 0.3 is 5.97 Å². The van der Waals surface area contributed by atoms with Crippen molar-refractivity contribution in [3.8, 4) is 0 Å². The summed E-state index contributed by atoms with van der Waals surface area (Å²) in [5.74, 6) is -2.32. The number of carbonyl (C=O) groups is 3. The van der Waals surface area contributed by atoms with Gasteiger partial charge in [-0.15, -0.1) is 0 Å². The molecule has 0 spiro atoms. The number of esters is 1. The molecule has 31 heavy (non-hydrogen) atoms. The number of carbonyl (C=O) groups excluding carboxylic acids is 3. The van der Waals surface area contributed by atoms with E-state index in [9.17, 15) is 24.6 Å². The number of hydrogen-bond acceptors (Lipinski definition) is 6. The second kappa shape index (κ2) is 7.08. The fourth-order valence-electron chi connectivity index (χ4n) is 8.26. The van der Waals surface area contributed by atoms with Crippen LogP contribution in [0, 0.1) is 34.5 Å². The number of aliphatic hydroxyl groups excluding tert-OH is 1. The summed E-state index contributed by atoms with van der Waals surface area (Å²) in [4.78, 5) is 36.4. The zero-order valence-electron chi connectivity index (χ0n) is 18.9. The van der Waals surface area contributed by atoms with Crippen molar-refractivity contribution in [2.24, 2.45) is 34.5 Å². The lowest BCUT2D eigenvalue weighted by molar-refractivity contribution is -0.255. The van der Waals surface area contributed by atoms with Gasteiger partial charge in [0.1, 0.15) is 17.1 Å². The second-order valence-corrected chi connectivity index (χ2v) is 11.2. The Kier molecular flexibility index (Phi) is 5.21. The van der Waals surface area contributed by atoms with Crippen LogP contribution in [-0.2, 0) is 19.1 Å². The van der Waals surface area contributed by atoms with Crippen LogP contribution in [0.5, 0.6) is 0 Å². The van der Waals surface area contributed by atoms with Crippen LogP contribution in [0.25, 0.3) is 0 Å². The summed E-state index contributed by atoms with van der Waals surface area (Å²) in [5, 5.41) is 23.0. The topological polar surface area (TPSA) is 101 Å². The molecule has 4 aliphatic rings. The molecule has 7 heteroatoms. The molecule has 0 aliphatic heterocycles. The van der Waals surface area contributed by atoms with Gasteiger partial charge in [0.25, 0.3) is 0 Å². The molecule has 0 bridgehead atoms. The van der Waals surface area contributed by atoms with Gasteiger partial charge in [-0.1, -0.05) is 20.8 Å². The molecule has 4 saturated carbocycles. The fraction of sp³-hybridized carbons (Fsp3) is 0.875. The maximum atomic E-state index is 17.1. The molecular formula is C24H35FO6. The van der Waals surface area contributed by atoms with E-state index in [1.807, 2.05) is 6.92 Å². The molecule has 0 aromatic rings. The quantitative estimate of drug-likeness (QED) is 0.657. The van der Waals surface area contributed by atoms with E-state index in [0.717, 1.165) is 0 Å². The van der Waals surface area contributed by atoms with Crippen LogP contribution >= 0.6 is 0 Å². The first-order valence-corrected chi connectivity index (χ1v) is 11.6. The van der Waals surface area contributed by atoms with Crippen molar-refractivity contribution in [2.75, 3.05) is 6.61 Å². The highest BCUT2D eigenvalue weighted by atomic mass is 19.1. The molecule has 3 unspecified atom stereocenters. The van der Waals surface area contributed by atoms with E-state index in [1.54, 1.807) is 13.8 Å². The average molecular weight is 439 g/mol. The highest BCUT2D eigenvalue weighted by molar-refractivity contribution is 5.91. The summed E-state index contributed by atoms with van der Waals surface area (Å²) in [7, 11) is 0. The van der Waals surface area contributed by atoms with E-state index in [0.29, 0.717) is 38.5 Å².